The zero-order valence-electron chi connectivity index (χ0n) is 19.0. The second kappa shape index (κ2) is 12.0. The van der Waals surface area contributed by atoms with Crippen LogP contribution in [-0.4, -0.2) is 42.4 Å². The Morgan fingerprint density at radius 2 is 1.76 bits per heavy atom. The highest BCUT2D eigenvalue weighted by Crippen LogP contribution is 2.35. The molecule has 0 aliphatic heterocycles. The standard InChI is InChI=1S/C24H38O5/c1-15(2)13-19(25)14-17(4)10-8-9-16(3)11-12-20-18(5)21(26)23(28-6)24(29-7)22(20)27/h10-11,13,18-20,22,25,27H,8-9,12,14H2,1-7H3. The molecule has 0 radical (unpaired) electrons. The van der Waals surface area contributed by atoms with Crippen molar-refractivity contribution in [3.05, 3.63) is 46.5 Å². The van der Waals surface area contributed by atoms with Gasteiger partial charge in [0.1, 0.15) is 6.10 Å². The predicted octanol–water partition coefficient (Wildman–Crippen LogP) is 4.47. The Bertz CT molecular complexity index is 679. The number of carbonyl (C=O) groups excluding carboxylic acids is 1. The molecule has 2 N–H and O–H groups in total. The lowest BCUT2D eigenvalue weighted by molar-refractivity contribution is -0.128. The molecular formula is C24H38O5. The number of ether oxygens (including phenoxy) is 2. The van der Waals surface area contributed by atoms with E-state index in [0.29, 0.717) is 12.8 Å². The van der Waals surface area contributed by atoms with Gasteiger partial charge in [0.15, 0.2) is 5.76 Å². The van der Waals surface area contributed by atoms with Crippen molar-refractivity contribution < 1.29 is 24.5 Å². The Hall–Kier alpha value is -1.85. The fourth-order valence-corrected chi connectivity index (χ4v) is 3.71. The Labute approximate surface area is 175 Å². The maximum atomic E-state index is 12.5. The molecule has 0 saturated carbocycles. The van der Waals surface area contributed by atoms with Gasteiger partial charge in [-0.25, -0.2) is 0 Å². The number of allylic oxidation sites excluding steroid dienone is 5. The molecule has 0 bridgehead atoms. The van der Waals surface area contributed by atoms with Crippen LogP contribution in [0, 0.1) is 11.8 Å². The molecule has 1 rings (SSSR count). The van der Waals surface area contributed by atoms with E-state index < -0.39 is 12.2 Å². The van der Waals surface area contributed by atoms with E-state index in [1.807, 2.05) is 33.8 Å². The van der Waals surface area contributed by atoms with E-state index in [1.54, 1.807) is 0 Å². The molecule has 0 saturated heterocycles. The quantitative estimate of drug-likeness (QED) is 0.524. The van der Waals surface area contributed by atoms with Crippen LogP contribution in [0.4, 0.5) is 0 Å². The van der Waals surface area contributed by atoms with Crippen molar-refractivity contribution in [1.29, 1.82) is 0 Å². The van der Waals surface area contributed by atoms with Gasteiger partial charge < -0.3 is 19.7 Å². The maximum absolute atomic E-state index is 12.5. The molecule has 164 valence electrons. The largest absolute Gasteiger partial charge is 0.494 e. The second-order valence-electron chi connectivity index (χ2n) is 8.25. The summed E-state index contributed by atoms with van der Waals surface area (Å²) in [6, 6.07) is 0. The lowest BCUT2D eigenvalue weighted by Crippen LogP contribution is -2.40. The third-order valence-corrected chi connectivity index (χ3v) is 5.43. The van der Waals surface area contributed by atoms with Crippen molar-refractivity contribution in [2.75, 3.05) is 14.2 Å². The fourth-order valence-electron chi connectivity index (χ4n) is 3.71. The molecule has 4 atom stereocenters. The van der Waals surface area contributed by atoms with Crippen LogP contribution in [0.25, 0.3) is 0 Å². The van der Waals surface area contributed by atoms with E-state index in [-0.39, 0.29) is 29.1 Å². The molecular weight excluding hydrogens is 368 g/mol. The lowest BCUT2D eigenvalue weighted by Gasteiger charge is -2.33. The smallest absolute Gasteiger partial charge is 0.204 e. The molecule has 1 aliphatic carbocycles. The van der Waals surface area contributed by atoms with Gasteiger partial charge in [-0.05, 0) is 53.4 Å². The molecule has 1 aliphatic rings. The molecule has 5 heteroatoms. The van der Waals surface area contributed by atoms with Gasteiger partial charge in [-0.3, -0.25) is 4.79 Å². The average Bonchev–Trinajstić information content (AvgIpc) is 2.63. The van der Waals surface area contributed by atoms with Gasteiger partial charge in [0.25, 0.3) is 0 Å². The monoisotopic (exact) mass is 406 g/mol. The van der Waals surface area contributed by atoms with Crippen molar-refractivity contribution >= 4 is 5.78 Å². The summed E-state index contributed by atoms with van der Waals surface area (Å²) in [5.41, 5.74) is 3.50. The maximum Gasteiger partial charge on any atom is 0.204 e. The third kappa shape index (κ3) is 7.48. The normalized spacial score (nSPS) is 24.4. The van der Waals surface area contributed by atoms with Crippen LogP contribution in [0.5, 0.6) is 0 Å². The summed E-state index contributed by atoms with van der Waals surface area (Å²) in [7, 11) is 2.87. The second-order valence-corrected chi connectivity index (χ2v) is 8.25. The summed E-state index contributed by atoms with van der Waals surface area (Å²) in [5.74, 6) is -0.343. The molecule has 0 fully saturated rings. The minimum atomic E-state index is -0.856. The fraction of sp³-hybridized carbons (Fsp3) is 0.625. The number of aliphatic hydroxyl groups is 2. The summed E-state index contributed by atoms with van der Waals surface area (Å²) in [4.78, 5) is 12.5. The van der Waals surface area contributed by atoms with Crippen molar-refractivity contribution in [2.45, 2.75) is 72.5 Å². The highest BCUT2D eigenvalue weighted by molar-refractivity contribution is 5.97. The summed E-state index contributed by atoms with van der Waals surface area (Å²) < 4.78 is 10.4. The summed E-state index contributed by atoms with van der Waals surface area (Å²) in [6.07, 6.45) is 7.90. The van der Waals surface area contributed by atoms with E-state index >= 15 is 0 Å². The van der Waals surface area contributed by atoms with Crippen molar-refractivity contribution in [2.24, 2.45) is 11.8 Å². The van der Waals surface area contributed by atoms with Crippen molar-refractivity contribution in [3.8, 4) is 0 Å². The summed E-state index contributed by atoms with van der Waals surface area (Å²) in [6.45, 7) is 9.90. The molecule has 0 aromatic carbocycles. The first-order chi connectivity index (χ1) is 13.6. The van der Waals surface area contributed by atoms with E-state index in [4.69, 9.17) is 9.47 Å². The summed E-state index contributed by atoms with van der Waals surface area (Å²) in [5, 5.41) is 20.6. The number of ketones is 1. The first-order valence-electron chi connectivity index (χ1n) is 10.3. The number of rotatable bonds is 10. The first kappa shape index (κ1) is 25.2. The number of Topliss-reactive ketones (excluding diaryl/α,β-unsaturated/α-hetero) is 1. The van der Waals surface area contributed by atoms with Crippen LogP contribution in [-0.2, 0) is 14.3 Å². The third-order valence-electron chi connectivity index (χ3n) is 5.43. The number of hydrogen-bond donors (Lipinski definition) is 2. The molecule has 29 heavy (non-hydrogen) atoms. The van der Waals surface area contributed by atoms with Crippen LogP contribution in [0.3, 0.4) is 0 Å². The van der Waals surface area contributed by atoms with E-state index in [2.05, 4.69) is 19.1 Å². The highest BCUT2D eigenvalue weighted by atomic mass is 16.5. The van der Waals surface area contributed by atoms with Gasteiger partial charge >= 0.3 is 0 Å². The Kier molecular flexibility index (Phi) is 10.4. The van der Waals surface area contributed by atoms with E-state index in [0.717, 1.165) is 18.4 Å². The van der Waals surface area contributed by atoms with Gasteiger partial charge in [0, 0.05) is 11.8 Å². The molecule has 0 aromatic heterocycles. The molecule has 0 aromatic rings. The number of hydrogen-bond acceptors (Lipinski definition) is 5. The SMILES string of the molecule is COC1=C(OC)C(O)C(CC=C(C)CCC=C(C)CC(O)C=C(C)C)C(C)C1=O. The molecule has 0 amide bonds. The predicted molar refractivity (Wildman–Crippen MR) is 116 cm³/mol. The minimum absolute atomic E-state index is 0.125. The van der Waals surface area contributed by atoms with Gasteiger partial charge in [0.05, 0.1) is 20.3 Å². The number of carbonyl (C=O) groups is 1. The average molecular weight is 407 g/mol. The molecule has 0 spiro atoms. The molecule has 0 heterocycles. The Morgan fingerprint density at radius 1 is 1.10 bits per heavy atom. The van der Waals surface area contributed by atoms with Gasteiger partial charge in [0.2, 0.25) is 11.5 Å². The van der Waals surface area contributed by atoms with Crippen molar-refractivity contribution in [3.63, 3.8) is 0 Å². The van der Waals surface area contributed by atoms with Gasteiger partial charge in [-0.1, -0.05) is 41.9 Å². The lowest BCUT2D eigenvalue weighted by atomic mass is 9.77. The van der Waals surface area contributed by atoms with Crippen LogP contribution in [0.15, 0.2) is 46.5 Å². The molecule has 5 nitrogen and oxygen atoms in total. The summed E-state index contributed by atoms with van der Waals surface area (Å²) >= 11 is 0. The topological polar surface area (TPSA) is 76.0 Å². The van der Waals surface area contributed by atoms with Crippen LogP contribution >= 0.6 is 0 Å². The highest BCUT2D eigenvalue weighted by Gasteiger charge is 2.42. The zero-order chi connectivity index (χ0) is 22.1. The van der Waals surface area contributed by atoms with Crippen LogP contribution in [0.2, 0.25) is 0 Å². The van der Waals surface area contributed by atoms with Crippen molar-refractivity contribution in [1.82, 2.24) is 0 Å². The number of methoxy groups -OCH3 is 2. The van der Waals surface area contributed by atoms with E-state index in [1.165, 1.54) is 25.4 Å². The first-order valence-corrected chi connectivity index (χ1v) is 10.3. The van der Waals surface area contributed by atoms with Gasteiger partial charge in [-0.15, -0.1) is 0 Å². The Balaban J connectivity index is 2.67. The van der Waals surface area contributed by atoms with Crippen LogP contribution in [0.1, 0.15) is 60.3 Å². The minimum Gasteiger partial charge on any atom is -0.494 e. The van der Waals surface area contributed by atoms with E-state index in [9.17, 15) is 15.0 Å². The van der Waals surface area contributed by atoms with Gasteiger partial charge in [-0.2, -0.15) is 0 Å². The zero-order valence-corrected chi connectivity index (χ0v) is 19.0. The van der Waals surface area contributed by atoms with Crippen LogP contribution < -0.4 is 0 Å². The number of aliphatic hydroxyl groups excluding tert-OH is 2. The molecule has 4 unspecified atom stereocenters. The Morgan fingerprint density at radius 3 is 2.31 bits per heavy atom.